The van der Waals surface area contributed by atoms with Gasteiger partial charge >= 0.3 is 0 Å². The molecule has 1 unspecified atom stereocenters. The van der Waals surface area contributed by atoms with Gasteiger partial charge in [0.15, 0.2) is 5.72 Å². The van der Waals surface area contributed by atoms with E-state index in [1.165, 1.54) is 5.56 Å². The summed E-state index contributed by atoms with van der Waals surface area (Å²) < 4.78 is 0. The van der Waals surface area contributed by atoms with Gasteiger partial charge in [-0.3, -0.25) is 0 Å². The fourth-order valence-electron chi connectivity index (χ4n) is 1.44. The Morgan fingerprint density at radius 3 is 2.36 bits per heavy atom. The SMILES string of the molecule is Cc1ccc(C2=CC(C)(O)NN2)cc1. The molecule has 3 heteroatoms. The highest BCUT2D eigenvalue weighted by Gasteiger charge is 2.24. The van der Waals surface area contributed by atoms with Crippen LogP contribution < -0.4 is 10.9 Å². The van der Waals surface area contributed by atoms with Gasteiger partial charge in [-0.15, -0.1) is 0 Å². The molecule has 0 aromatic heterocycles. The second-order valence-electron chi connectivity index (χ2n) is 3.82. The van der Waals surface area contributed by atoms with Crippen molar-refractivity contribution in [1.82, 2.24) is 10.9 Å². The summed E-state index contributed by atoms with van der Waals surface area (Å²) in [5.74, 6) is 0. The lowest BCUT2D eigenvalue weighted by atomic mass is 10.1. The van der Waals surface area contributed by atoms with E-state index in [0.29, 0.717) is 0 Å². The second kappa shape index (κ2) is 3.12. The molecule has 0 aliphatic carbocycles. The van der Waals surface area contributed by atoms with E-state index in [2.05, 4.69) is 17.8 Å². The Balaban J connectivity index is 2.29. The maximum absolute atomic E-state index is 9.63. The summed E-state index contributed by atoms with van der Waals surface area (Å²) >= 11 is 0. The molecule has 0 spiro atoms. The molecule has 1 aromatic rings. The number of hydrogen-bond acceptors (Lipinski definition) is 3. The zero-order valence-corrected chi connectivity index (χ0v) is 8.33. The van der Waals surface area contributed by atoms with Crippen LogP contribution in [-0.2, 0) is 0 Å². The van der Waals surface area contributed by atoms with E-state index >= 15 is 0 Å². The first-order valence-electron chi connectivity index (χ1n) is 4.62. The molecule has 0 radical (unpaired) electrons. The van der Waals surface area contributed by atoms with Gasteiger partial charge < -0.3 is 10.5 Å². The Bertz CT molecular complexity index is 365. The average molecular weight is 190 g/mol. The maximum Gasteiger partial charge on any atom is 0.150 e. The Hall–Kier alpha value is -1.32. The van der Waals surface area contributed by atoms with Crippen molar-refractivity contribution in [2.75, 3.05) is 0 Å². The summed E-state index contributed by atoms with van der Waals surface area (Å²) in [5.41, 5.74) is 7.97. The second-order valence-corrected chi connectivity index (χ2v) is 3.82. The van der Waals surface area contributed by atoms with E-state index in [0.717, 1.165) is 11.3 Å². The summed E-state index contributed by atoms with van der Waals surface area (Å²) in [6, 6.07) is 8.14. The van der Waals surface area contributed by atoms with Crippen LogP contribution >= 0.6 is 0 Å². The van der Waals surface area contributed by atoms with Gasteiger partial charge in [0.05, 0.1) is 5.70 Å². The highest BCUT2D eigenvalue weighted by atomic mass is 16.3. The minimum Gasteiger partial charge on any atom is -0.371 e. The van der Waals surface area contributed by atoms with Gasteiger partial charge in [-0.25, -0.2) is 5.43 Å². The number of hydrazine groups is 1. The quantitative estimate of drug-likeness (QED) is 0.622. The summed E-state index contributed by atoms with van der Waals surface area (Å²) in [4.78, 5) is 0. The van der Waals surface area contributed by atoms with Crippen LogP contribution in [0, 0.1) is 6.92 Å². The average Bonchev–Trinajstić information content (AvgIpc) is 2.47. The smallest absolute Gasteiger partial charge is 0.150 e. The minimum atomic E-state index is -0.958. The Morgan fingerprint density at radius 2 is 1.86 bits per heavy atom. The fraction of sp³-hybridized carbons (Fsp3) is 0.273. The molecular weight excluding hydrogens is 176 g/mol. The molecular formula is C11H14N2O. The van der Waals surface area contributed by atoms with Gasteiger partial charge in [0, 0.05) is 0 Å². The molecule has 0 fully saturated rings. The van der Waals surface area contributed by atoms with Gasteiger partial charge in [-0.05, 0) is 25.5 Å². The van der Waals surface area contributed by atoms with Crippen molar-refractivity contribution in [3.8, 4) is 0 Å². The monoisotopic (exact) mass is 190 g/mol. The van der Waals surface area contributed by atoms with Crippen LogP contribution in [0.3, 0.4) is 0 Å². The molecule has 3 nitrogen and oxygen atoms in total. The van der Waals surface area contributed by atoms with Crippen LogP contribution in [-0.4, -0.2) is 10.8 Å². The lowest BCUT2D eigenvalue weighted by molar-refractivity contribution is 0.0757. The lowest BCUT2D eigenvalue weighted by Crippen LogP contribution is -2.41. The molecule has 0 saturated carbocycles. The van der Waals surface area contributed by atoms with Crippen molar-refractivity contribution in [2.45, 2.75) is 19.6 Å². The topological polar surface area (TPSA) is 44.3 Å². The molecule has 14 heavy (non-hydrogen) atoms. The molecule has 0 saturated heterocycles. The van der Waals surface area contributed by atoms with Gasteiger partial charge in [0.2, 0.25) is 0 Å². The van der Waals surface area contributed by atoms with Gasteiger partial charge in [0.1, 0.15) is 0 Å². The van der Waals surface area contributed by atoms with Crippen LogP contribution in [0.4, 0.5) is 0 Å². The number of benzene rings is 1. The summed E-state index contributed by atoms with van der Waals surface area (Å²) in [6.07, 6.45) is 1.76. The lowest BCUT2D eigenvalue weighted by Gasteiger charge is -2.12. The molecule has 1 heterocycles. The van der Waals surface area contributed by atoms with E-state index in [1.54, 1.807) is 13.0 Å². The molecule has 2 rings (SSSR count). The Kier molecular flexibility index (Phi) is 2.06. The van der Waals surface area contributed by atoms with E-state index in [1.807, 2.05) is 24.3 Å². The van der Waals surface area contributed by atoms with Crippen LogP contribution in [0.15, 0.2) is 30.3 Å². The third kappa shape index (κ3) is 1.78. The van der Waals surface area contributed by atoms with Crippen molar-refractivity contribution in [3.05, 3.63) is 41.5 Å². The number of aryl methyl sites for hydroxylation is 1. The number of aliphatic hydroxyl groups is 1. The molecule has 1 aromatic carbocycles. The summed E-state index contributed by atoms with van der Waals surface area (Å²) in [7, 11) is 0. The predicted molar refractivity (Wildman–Crippen MR) is 56.1 cm³/mol. The van der Waals surface area contributed by atoms with E-state index in [4.69, 9.17) is 0 Å². The highest BCUT2D eigenvalue weighted by molar-refractivity contribution is 5.66. The number of nitrogens with one attached hydrogen (secondary N) is 2. The molecule has 1 atom stereocenters. The van der Waals surface area contributed by atoms with Crippen molar-refractivity contribution in [1.29, 1.82) is 0 Å². The van der Waals surface area contributed by atoms with E-state index in [-0.39, 0.29) is 0 Å². The summed E-state index contributed by atoms with van der Waals surface area (Å²) in [5, 5.41) is 9.63. The summed E-state index contributed by atoms with van der Waals surface area (Å²) in [6.45, 7) is 3.75. The van der Waals surface area contributed by atoms with Crippen molar-refractivity contribution in [3.63, 3.8) is 0 Å². The van der Waals surface area contributed by atoms with Crippen LogP contribution in [0.5, 0.6) is 0 Å². The normalized spacial score (nSPS) is 25.8. The predicted octanol–water partition coefficient (Wildman–Crippen LogP) is 1.15. The van der Waals surface area contributed by atoms with Crippen LogP contribution in [0.1, 0.15) is 18.1 Å². The highest BCUT2D eigenvalue weighted by Crippen LogP contribution is 2.19. The standard InChI is InChI=1S/C11H14N2O/c1-8-3-5-9(6-4-8)10-7-11(2,14)13-12-10/h3-7,12-14H,1-2H3. The number of rotatable bonds is 1. The number of hydrogen-bond donors (Lipinski definition) is 3. The molecule has 0 bridgehead atoms. The van der Waals surface area contributed by atoms with E-state index in [9.17, 15) is 5.11 Å². The van der Waals surface area contributed by atoms with E-state index < -0.39 is 5.72 Å². The first-order valence-corrected chi connectivity index (χ1v) is 4.62. The third-order valence-electron chi connectivity index (χ3n) is 2.24. The third-order valence-corrected chi connectivity index (χ3v) is 2.24. The van der Waals surface area contributed by atoms with Gasteiger partial charge in [-0.2, -0.15) is 0 Å². The first kappa shape index (κ1) is 9.24. The molecule has 74 valence electrons. The zero-order valence-electron chi connectivity index (χ0n) is 8.33. The largest absolute Gasteiger partial charge is 0.371 e. The molecule has 3 N–H and O–H groups in total. The minimum absolute atomic E-state index is 0.912. The van der Waals surface area contributed by atoms with Crippen LogP contribution in [0.25, 0.3) is 5.70 Å². The molecule has 1 aliphatic rings. The van der Waals surface area contributed by atoms with Crippen LogP contribution in [0.2, 0.25) is 0 Å². The van der Waals surface area contributed by atoms with Crippen molar-refractivity contribution in [2.24, 2.45) is 0 Å². The van der Waals surface area contributed by atoms with Crippen molar-refractivity contribution < 1.29 is 5.11 Å². The van der Waals surface area contributed by atoms with Gasteiger partial charge in [0.25, 0.3) is 0 Å². The molecule has 1 aliphatic heterocycles. The Labute approximate surface area is 83.4 Å². The maximum atomic E-state index is 9.63. The zero-order chi connectivity index (χ0) is 10.2. The Morgan fingerprint density at radius 1 is 1.21 bits per heavy atom. The van der Waals surface area contributed by atoms with Crippen molar-refractivity contribution >= 4 is 5.70 Å². The molecule has 0 amide bonds. The fourth-order valence-corrected chi connectivity index (χ4v) is 1.44. The first-order chi connectivity index (χ1) is 6.57. The van der Waals surface area contributed by atoms with Gasteiger partial charge in [-0.1, -0.05) is 29.8 Å².